The smallest absolute Gasteiger partial charge is 0.164 e. The molecule has 0 fully saturated rings. The van der Waals surface area contributed by atoms with Crippen LogP contribution in [0.4, 0.5) is 0 Å². The van der Waals surface area contributed by atoms with Crippen molar-refractivity contribution in [3.8, 4) is 67.5 Å². The maximum Gasteiger partial charge on any atom is 0.164 e. The zero-order valence-electron chi connectivity index (χ0n) is 28.6. The minimum absolute atomic E-state index is 0.645. The first-order chi connectivity index (χ1) is 26.2. The van der Waals surface area contributed by atoms with E-state index in [0.29, 0.717) is 17.5 Å². The lowest BCUT2D eigenvalue weighted by atomic mass is 9.97. The van der Waals surface area contributed by atoms with Crippen molar-refractivity contribution in [3.05, 3.63) is 188 Å². The average molecular weight is 694 g/mol. The van der Waals surface area contributed by atoms with Gasteiger partial charge in [0.25, 0.3) is 0 Å². The molecule has 248 valence electrons. The van der Waals surface area contributed by atoms with Crippen molar-refractivity contribution in [2.75, 3.05) is 0 Å². The van der Waals surface area contributed by atoms with Gasteiger partial charge in [0.1, 0.15) is 0 Å². The monoisotopic (exact) mass is 693 g/mol. The van der Waals surface area contributed by atoms with Crippen molar-refractivity contribution in [3.63, 3.8) is 0 Å². The number of aromatic nitrogens is 3. The van der Waals surface area contributed by atoms with Crippen LogP contribution in [0, 0.1) is 0 Å². The molecule has 0 saturated heterocycles. The minimum atomic E-state index is 0.645. The summed E-state index contributed by atoms with van der Waals surface area (Å²) in [6.07, 6.45) is 0. The summed E-state index contributed by atoms with van der Waals surface area (Å²) in [5.41, 5.74) is 10.1. The van der Waals surface area contributed by atoms with Crippen molar-refractivity contribution in [2.45, 2.75) is 0 Å². The normalized spacial score (nSPS) is 11.4. The second-order valence-corrected chi connectivity index (χ2v) is 14.3. The van der Waals surface area contributed by atoms with E-state index in [2.05, 4.69) is 158 Å². The Morgan fingerprint density at radius 2 is 0.811 bits per heavy atom. The number of hydrogen-bond acceptors (Lipinski definition) is 4. The molecule has 0 saturated carbocycles. The fraction of sp³-hybridized carbons (Fsp3) is 0. The molecule has 0 aliphatic rings. The first-order valence-corrected chi connectivity index (χ1v) is 18.6. The first-order valence-electron chi connectivity index (χ1n) is 17.8. The second-order valence-electron chi connectivity index (χ2n) is 13.2. The summed E-state index contributed by atoms with van der Waals surface area (Å²) < 4.78 is 2.58. The molecule has 0 radical (unpaired) electrons. The third kappa shape index (κ3) is 5.76. The van der Waals surface area contributed by atoms with E-state index in [-0.39, 0.29) is 0 Å². The fourth-order valence-corrected chi connectivity index (χ4v) is 8.53. The zero-order chi connectivity index (χ0) is 35.1. The van der Waals surface area contributed by atoms with E-state index in [9.17, 15) is 0 Å². The van der Waals surface area contributed by atoms with Gasteiger partial charge in [0.15, 0.2) is 17.5 Å². The highest BCUT2D eigenvalue weighted by Gasteiger charge is 2.16. The van der Waals surface area contributed by atoms with Crippen LogP contribution in [0.25, 0.3) is 98.5 Å². The van der Waals surface area contributed by atoms with Gasteiger partial charge >= 0.3 is 0 Å². The highest BCUT2D eigenvalue weighted by molar-refractivity contribution is 7.26. The topological polar surface area (TPSA) is 38.7 Å². The Morgan fingerprint density at radius 3 is 1.49 bits per heavy atom. The molecule has 0 amide bonds. The summed E-state index contributed by atoms with van der Waals surface area (Å²) in [6.45, 7) is 0. The Labute approximate surface area is 311 Å². The zero-order valence-corrected chi connectivity index (χ0v) is 29.5. The SMILES string of the molecule is c1ccc(-c2nc(-c3ccc(-c4ccc5ccccc5c4)cc3)nc(-c3ccc(-c4cccc5c4sc4cccc(-c6ccccc6)c45)cc3)n2)cc1. The van der Waals surface area contributed by atoms with Crippen LogP contribution < -0.4 is 0 Å². The van der Waals surface area contributed by atoms with E-state index in [1.165, 1.54) is 53.2 Å². The molecule has 10 aromatic rings. The summed E-state index contributed by atoms with van der Waals surface area (Å²) in [5.74, 6) is 1.94. The van der Waals surface area contributed by atoms with Gasteiger partial charge in [-0.2, -0.15) is 0 Å². The highest BCUT2D eigenvalue weighted by Crippen LogP contribution is 2.44. The molecule has 0 atom stereocenters. The number of fused-ring (bicyclic) bond motifs is 4. The number of rotatable bonds is 6. The Bertz CT molecular complexity index is 2910. The number of nitrogens with zero attached hydrogens (tertiary/aromatic N) is 3. The number of hydrogen-bond donors (Lipinski definition) is 0. The highest BCUT2D eigenvalue weighted by atomic mass is 32.1. The van der Waals surface area contributed by atoms with E-state index in [1.54, 1.807) is 0 Å². The van der Waals surface area contributed by atoms with Crippen molar-refractivity contribution >= 4 is 42.3 Å². The van der Waals surface area contributed by atoms with Gasteiger partial charge in [-0.15, -0.1) is 11.3 Å². The van der Waals surface area contributed by atoms with Crippen LogP contribution in [0.3, 0.4) is 0 Å². The summed E-state index contributed by atoms with van der Waals surface area (Å²) in [4.78, 5) is 15.0. The predicted molar refractivity (Wildman–Crippen MR) is 223 cm³/mol. The Kier molecular flexibility index (Phi) is 7.67. The molecule has 3 nitrogen and oxygen atoms in total. The fourth-order valence-electron chi connectivity index (χ4n) is 7.26. The number of thiophene rings is 1. The van der Waals surface area contributed by atoms with Crippen molar-refractivity contribution in [1.82, 2.24) is 15.0 Å². The van der Waals surface area contributed by atoms with Crippen LogP contribution in [-0.2, 0) is 0 Å². The lowest BCUT2D eigenvalue weighted by Gasteiger charge is -2.10. The Hall–Kier alpha value is -6.75. The molecule has 4 heteroatoms. The van der Waals surface area contributed by atoms with Gasteiger partial charge in [-0.1, -0.05) is 176 Å². The van der Waals surface area contributed by atoms with Crippen molar-refractivity contribution < 1.29 is 0 Å². The molecular weight excluding hydrogens is 663 g/mol. The average Bonchev–Trinajstić information content (AvgIpc) is 3.63. The maximum atomic E-state index is 5.04. The second kappa shape index (κ2) is 13.1. The lowest BCUT2D eigenvalue weighted by molar-refractivity contribution is 1.07. The van der Waals surface area contributed by atoms with Crippen LogP contribution in [0.15, 0.2) is 188 Å². The summed E-state index contributed by atoms with van der Waals surface area (Å²) in [5, 5.41) is 5.06. The van der Waals surface area contributed by atoms with Gasteiger partial charge in [0, 0.05) is 36.9 Å². The Morgan fingerprint density at radius 1 is 0.321 bits per heavy atom. The first kappa shape index (κ1) is 31.0. The van der Waals surface area contributed by atoms with Crippen molar-refractivity contribution in [2.24, 2.45) is 0 Å². The van der Waals surface area contributed by atoms with Gasteiger partial charge in [0.05, 0.1) is 0 Å². The summed E-state index contributed by atoms with van der Waals surface area (Å²) in [7, 11) is 0. The van der Waals surface area contributed by atoms with Gasteiger partial charge in [-0.3, -0.25) is 0 Å². The molecule has 10 rings (SSSR count). The molecule has 0 N–H and O–H groups in total. The third-order valence-corrected chi connectivity index (χ3v) is 11.2. The van der Waals surface area contributed by atoms with Gasteiger partial charge < -0.3 is 0 Å². The summed E-state index contributed by atoms with van der Waals surface area (Å²) in [6, 6.07) is 66.3. The molecule has 8 aromatic carbocycles. The molecular formula is C49H31N3S. The Balaban J connectivity index is 1.03. The molecule has 0 aliphatic carbocycles. The molecule has 0 unspecified atom stereocenters. The van der Waals surface area contributed by atoms with E-state index < -0.39 is 0 Å². The predicted octanol–water partition coefficient (Wildman–Crippen LogP) is 13.4. The standard InChI is InChI=1S/C49H31N3S/c1-3-12-34(13-4-1)41-17-10-20-44-45(41)43-19-9-18-42(46(43)53-44)35-24-28-38(29-25-35)49-51-47(36-14-5-2-6-15-36)50-48(52-49)37-26-21-33(22-27-37)40-30-23-32-11-7-8-16-39(32)31-40/h1-31H. The molecule has 0 spiro atoms. The molecule has 2 aromatic heterocycles. The van der Waals surface area contributed by atoms with E-state index in [0.717, 1.165) is 27.8 Å². The van der Waals surface area contributed by atoms with E-state index in [1.807, 2.05) is 41.7 Å². The van der Waals surface area contributed by atoms with Gasteiger partial charge in [-0.25, -0.2) is 15.0 Å². The van der Waals surface area contributed by atoms with E-state index >= 15 is 0 Å². The molecule has 0 aliphatic heterocycles. The van der Waals surface area contributed by atoms with Gasteiger partial charge in [0.2, 0.25) is 0 Å². The molecule has 53 heavy (non-hydrogen) atoms. The van der Waals surface area contributed by atoms with Crippen LogP contribution in [0.1, 0.15) is 0 Å². The third-order valence-electron chi connectivity index (χ3n) is 9.95. The van der Waals surface area contributed by atoms with Crippen molar-refractivity contribution in [1.29, 1.82) is 0 Å². The molecule has 2 heterocycles. The van der Waals surface area contributed by atoms with E-state index in [4.69, 9.17) is 15.0 Å². The van der Waals surface area contributed by atoms with Crippen LogP contribution in [0.2, 0.25) is 0 Å². The van der Waals surface area contributed by atoms with Crippen LogP contribution in [-0.4, -0.2) is 15.0 Å². The maximum absolute atomic E-state index is 5.04. The van der Waals surface area contributed by atoms with Gasteiger partial charge in [-0.05, 0) is 56.3 Å². The lowest BCUT2D eigenvalue weighted by Crippen LogP contribution is -2.00. The van der Waals surface area contributed by atoms with Crippen LogP contribution >= 0.6 is 11.3 Å². The summed E-state index contributed by atoms with van der Waals surface area (Å²) >= 11 is 1.86. The van der Waals surface area contributed by atoms with Crippen LogP contribution in [0.5, 0.6) is 0 Å². The quantitative estimate of drug-likeness (QED) is 0.174. The largest absolute Gasteiger partial charge is 0.208 e. The number of benzene rings is 8. The minimum Gasteiger partial charge on any atom is -0.208 e. The molecule has 0 bridgehead atoms.